The van der Waals surface area contributed by atoms with Crippen LogP contribution in [0.3, 0.4) is 0 Å². The summed E-state index contributed by atoms with van der Waals surface area (Å²) in [5.41, 5.74) is 0.599. The Hall–Kier alpha value is -3.19. The molecule has 0 radical (unpaired) electrons. The number of anilines is 1. The Morgan fingerprint density at radius 2 is 2.04 bits per heavy atom. The molecule has 0 fully saturated rings. The van der Waals surface area contributed by atoms with Crippen molar-refractivity contribution in [1.29, 1.82) is 0 Å². The van der Waals surface area contributed by atoms with Crippen LogP contribution in [0.15, 0.2) is 65.5 Å². The van der Waals surface area contributed by atoms with E-state index in [1.54, 1.807) is 29.8 Å². The zero-order valence-electron chi connectivity index (χ0n) is 13.6. The number of benzene rings is 1. The molecule has 0 aliphatic rings. The first kappa shape index (κ1) is 15.3. The molecule has 0 saturated heterocycles. The first-order valence-electron chi connectivity index (χ1n) is 7.90. The lowest BCUT2D eigenvalue weighted by Gasteiger charge is -2.22. The van der Waals surface area contributed by atoms with E-state index in [2.05, 4.69) is 20.4 Å². The van der Waals surface area contributed by atoms with Crippen molar-refractivity contribution in [3.63, 3.8) is 0 Å². The van der Waals surface area contributed by atoms with Crippen LogP contribution in [-0.2, 0) is 5.60 Å². The fraction of sp³-hybridized carbons (Fsp3) is 0.167. The molecule has 0 amide bonds. The van der Waals surface area contributed by atoms with E-state index in [4.69, 9.17) is 4.42 Å². The van der Waals surface area contributed by atoms with E-state index in [-0.39, 0.29) is 6.54 Å². The lowest BCUT2D eigenvalue weighted by molar-refractivity contribution is 0.0475. The maximum Gasteiger partial charge on any atom is 0.254 e. The van der Waals surface area contributed by atoms with Crippen LogP contribution in [0.4, 0.5) is 5.82 Å². The predicted molar refractivity (Wildman–Crippen MR) is 93.0 cm³/mol. The van der Waals surface area contributed by atoms with Crippen LogP contribution in [0.25, 0.3) is 17.0 Å². The van der Waals surface area contributed by atoms with E-state index in [0.717, 1.165) is 11.3 Å². The van der Waals surface area contributed by atoms with Crippen molar-refractivity contribution in [2.75, 3.05) is 11.9 Å². The van der Waals surface area contributed by atoms with Gasteiger partial charge in [0.25, 0.3) is 5.78 Å². The van der Waals surface area contributed by atoms with Gasteiger partial charge in [0.15, 0.2) is 0 Å². The highest BCUT2D eigenvalue weighted by Gasteiger charge is 2.26. The van der Waals surface area contributed by atoms with E-state index >= 15 is 0 Å². The lowest BCUT2D eigenvalue weighted by Crippen LogP contribution is -2.30. The second-order valence-electron chi connectivity index (χ2n) is 5.97. The van der Waals surface area contributed by atoms with Crippen molar-refractivity contribution >= 4 is 11.6 Å². The van der Waals surface area contributed by atoms with Gasteiger partial charge in [0.2, 0.25) is 0 Å². The molecule has 0 aliphatic heterocycles. The summed E-state index contributed by atoms with van der Waals surface area (Å²) in [5.74, 6) is 1.67. The number of rotatable bonds is 5. The number of hydrogen-bond acceptors (Lipinski definition) is 6. The molecule has 1 unspecified atom stereocenters. The minimum Gasteiger partial charge on any atom is -0.466 e. The molecule has 126 valence electrons. The lowest BCUT2D eigenvalue weighted by atomic mass is 10.0. The monoisotopic (exact) mass is 335 g/mol. The molecule has 7 nitrogen and oxygen atoms in total. The second kappa shape index (κ2) is 6.03. The van der Waals surface area contributed by atoms with E-state index in [1.807, 2.05) is 36.4 Å². The molecule has 0 bridgehead atoms. The zero-order valence-corrected chi connectivity index (χ0v) is 13.6. The molecular formula is C18H17N5O2. The Bertz CT molecular complexity index is 977. The summed E-state index contributed by atoms with van der Waals surface area (Å²) in [6.07, 6.45) is 2.99. The summed E-state index contributed by atoms with van der Waals surface area (Å²) in [4.78, 5) is 8.71. The Kier molecular flexibility index (Phi) is 3.70. The maximum atomic E-state index is 10.6. The standard InChI is InChI=1S/C18H17N5O2/c1-18(24,15-8-5-9-25-15)11-19-16-10-14(13-6-3-2-4-7-13)22-17-20-12-21-23(16)17/h2-10,12,19,24H,11H2,1H3. The fourth-order valence-electron chi connectivity index (χ4n) is 2.63. The zero-order chi connectivity index (χ0) is 17.3. The minimum absolute atomic E-state index is 0.244. The van der Waals surface area contributed by atoms with Crippen LogP contribution < -0.4 is 5.32 Å². The average molecular weight is 335 g/mol. The van der Waals surface area contributed by atoms with Crippen LogP contribution in [0.5, 0.6) is 0 Å². The van der Waals surface area contributed by atoms with Crippen molar-refractivity contribution in [2.24, 2.45) is 0 Å². The van der Waals surface area contributed by atoms with Gasteiger partial charge in [0.05, 0.1) is 18.5 Å². The summed E-state index contributed by atoms with van der Waals surface area (Å²) in [6.45, 7) is 1.93. The third-order valence-corrected chi connectivity index (χ3v) is 3.99. The number of aliphatic hydroxyl groups is 1. The second-order valence-corrected chi connectivity index (χ2v) is 5.97. The van der Waals surface area contributed by atoms with Crippen molar-refractivity contribution in [1.82, 2.24) is 19.6 Å². The average Bonchev–Trinajstić information content (AvgIpc) is 3.32. The molecule has 1 aromatic carbocycles. The Balaban J connectivity index is 1.68. The van der Waals surface area contributed by atoms with Gasteiger partial charge in [0, 0.05) is 11.6 Å². The molecule has 1 atom stereocenters. The van der Waals surface area contributed by atoms with E-state index in [1.165, 1.54) is 6.33 Å². The first-order valence-corrected chi connectivity index (χ1v) is 7.90. The van der Waals surface area contributed by atoms with Crippen LogP contribution in [0.2, 0.25) is 0 Å². The first-order chi connectivity index (χ1) is 12.1. The molecule has 3 heterocycles. The van der Waals surface area contributed by atoms with Crippen LogP contribution in [0, 0.1) is 0 Å². The van der Waals surface area contributed by atoms with Crippen molar-refractivity contribution in [2.45, 2.75) is 12.5 Å². The van der Waals surface area contributed by atoms with Crippen LogP contribution in [-0.4, -0.2) is 31.2 Å². The minimum atomic E-state index is -1.16. The smallest absolute Gasteiger partial charge is 0.254 e. The molecule has 3 aromatic heterocycles. The number of nitrogens with one attached hydrogen (secondary N) is 1. The molecular weight excluding hydrogens is 318 g/mol. The van der Waals surface area contributed by atoms with E-state index in [0.29, 0.717) is 17.4 Å². The topological polar surface area (TPSA) is 88.5 Å². The fourth-order valence-corrected chi connectivity index (χ4v) is 2.63. The molecule has 4 aromatic rings. The van der Waals surface area contributed by atoms with Crippen molar-refractivity contribution in [3.05, 3.63) is 66.9 Å². The molecule has 4 rings (SSSR count). The summed E-state index contributed by atoms with van der Waals surface area (Å²) in [6, 6.07) is 15.2. The number of fused-ring (bicyclic) bond motifs is 1. The highest BCUT2D eigenvalue weighted by Crippen LogP contribution is 2.24. The molecule has 7 heteroatoms. The van der Waals surface area contributed by atoms with Gasteiger partial charge in [-0.2, -0.15) is 14.6 Å². The number of nitrogens with zero attached hydrogens (tertiary/aromatic N) is 4. The maximum absolute atomic E-state index is 10.6. The largest absolute Gasteiger partial charge is 0.466 e. The van der Waals surface area contributed by atoms with Gasteiger partial charge in [-0.1, -0.05) is 30.3 Å². The molecule has 0 spiro atoms. The Morgan fingerprint density at radius 1 is 1.20 bits per heavy atom. The van der Waals surface area contributed by atoms with Crippen molar-refractivity contribution < 1.29 is 9.52 Å². The Morgan fingerprint density at radius 3 is 2.80 bits per heavy atom. The molecule has 2 N–H and O–H groups in total. The number of furan rings is 1. The Labute approximate surface area is 144 Å². The quantitative estimate of drug-likeness (QED) is 0.583. The van der Waals surface area contributed by atoms with Gasteiger partial charge in [0.1, 0.15) is 23.5 Å². The number of hydrogen-bond donors (Lipinski definition) is 2. The van der Waals surface area contributed by atoms with Crippen molar-refractivity contribution in [3.8, 4) is 11.3 Å². The van der Waals surface area contributed by atoms with Crippen LogP contribution >= 0.6 is 0 Å². The van der Waals surface area contributed by atoms with Gasteiger partial charge in [-0.05, 0) is 19.1 Å². The van der Waals surface area contributed by atoms with Gasteiger partial charge in [-0.15, -0.1) is 0 Å². The third kappa shape index (κ3) is 2.97. The van der Waals surface area contributed by atoms with Crippen LogP contribution in [0.1, 0.15) is 12.7 Å². The van der Waals surface area contributed by atoms with Gasteiger partial charge < -0.3 is 14.8 Å². The highest BCUT2D eigenvalue weighted by molar-refractivity contribution is 5.65. The molecule has 0 aliphatic carbocycles. The summed E-state index contributed by atoms with van der Waals surface area (Å²) < 4.78 is 6.92. The molecule has 25 heavy (non-hydrogen) atoms. The third-order valence-electron chi connectivity index (χ3n) is 3.99. The normalized spacial score (nSPS) is 13.7. The highest BCUT2D eigenvalue weighted by atomic mass is 16.4. The molecule has 0 saturated carbocycles. The summed E-state index contributed by atoms with van der Waals surface area (Å²) in [5, 5.41) is 18.0. The SMILES string of the molecule is CC(O)(CNc1cc(-c2ccccc2)nc2ncnn12)c1ccco1. The number of aromatic nitrogens is 4. The van der Waals surface area contributed by atoms with E-state index in [9.17, 15) is 5.11 Å². The summed E-state index contributed by atoms with van der Waals surface area (Å²) >= 11 is 0. The van der Waals surface area contributed by atoms with Gasteiger partial charge in [-0.25, -0.2) is 4.98 Å². The summed E-state index contributed by atoms with van der Waals surface area (Å²) in [7, 11) is 0. The van der Waals surface area contributed by atoms with Gasteiger partial charge >= 0.3 is 0 Å². The van der Waals surface area contributed by atoms with Gasteiger partial charge in [-0.3, -0.25) is 0 Å². The van der Waals surface area contributed by atoms with E-state index < -0.39 is 5.60 Å². The predicted octanol–water partition coefficient (Wildman–Crippen LogP) is 2.70.